The number of urea groups is 1. The van der Waals surface area contributed by atoms with E-state index in [0.29, 0.717) is 37.9 Å². The zero-order valence-corrected chi connectivity index (χ0v) is 13.9. The van der Waals surface area contributed by atoms with Gasteiger partial charge in [0.25, 0.3) is 0 Å². The van der Waals surface area contributed by atoms with Gasteiger partial charge in [-0.2, -0.15) is 4.98 Å². The topological polar surface area (TPSA) is 80.5 Å². The Morgan fingerprint density at radius 1 is 1.42 bits per heavy atom. The van der Waals surface area contributed by atoms with Gasteiger partial charge in [-0.1, -0.05) is 35.5 Å². The van der Waals surface area contributed by atoms with E-state index >= 15 is 0 Å². The Kier molecular flexibility index (Phi) is 5.10. The molecule has 2 unspecified atom stereocenters. The van der Waals surface area contributed by atoms with Crippen molar-refractivity contribution in [3.05, 3.63) is 47.6 Å². The summed E-state index contributed by atoms with van der Waals surface area (Å²) in [5.74, 6) is 1.02. The number of benzene rings is 1. The summed E-state index contributed by atoms with van der Waals surface area (Å²) in [4.78, 5) is 18.5. The van der Waals surface area contributed by atoms with E-state index in [2.05, 4.69) is 15.5 Å². The van der Waals surface area contributed by atoms with Gasteiger partial charge in [-0.15, -0.1) is 0 Å². The number of hydrogen-bond acceptors (Lipinski definition) is 5. The smallest absolute Gasteiger partial charge is 0.318 e. The molecule has 2 aromatic rings. The van der Waals surface area contributed by atoms with Crippen LogP contribution in [0.5, 0.6) is 0 Å². The fourth-order valence-corrected chi connectivity index (χ4v) is 2.65. The van der Waals surface area contributed by atoms with Crippen molar-refractivity contribution in [1.82, 2.24) is 20.4 Å². The third kappa shape index (κ3) is 3.91. The molecule has 0 spiro atoms. The van der Waals surface area contributed by atoms with E-state index in [9.17, 15) is 4.79 Å². The van der Waals surface area contributed by atoms with Crippen molar-refractivity contribution in [2.45, 2.75) is 32.4 Å². The van der Waals surface area contributed by atoms with Crippen LogP contribution in [0.4, 0.5) is 4.79 Å². The van der Waals surface area contributed by atoms with Crippen LogP contribution in [0.2, 0.25) is 0 Å². The van der Waals surface area contributed by atoms with Crippen molar-refractivity contribution in [3.63, 3.8) is 0 Å². The van der Waals surface area contributed by atoms with Gasteiger partial charge in [0.1, 0.15) is 0 Å². The lowest BCUT2D eigenvalue weighted by Gasteiger charge is -2.33. The normalized spacial score (nSPS) is 19.1. The van der Waals surface area contributed by atoms with Crippen LogP contribution in [-0.4, -0.2) is 46.9 Å². The van der Waals surface area contributed by atoms with E-state index in [1.165, 1.54) is 0 Å². The van der Waals surface area contributed by atoms with Crippen LogP contribution in [0.1, 0.15) is 37.2 Å². The summed E-state index contributed by atoms with van der Waals surface area (Å²) in [6.45, 7) is 5.53. The average molecular weight is 330 g/mol. The fourth-order valence-electron chi connectivity index (χ4n) is 2.65. The second kappa shape index (κ2) is 7.44. The number of hydrogen-bond donors (Lipinski definition) is 1. The van der Waals surface area contributed by atoms with E-state index in [1.807, 2.05) is 44.2 Å². The molecular formula is C17H22N4O3. The summed E-state index contributed by atoms with van der Waals surface area (Å²) < 4.78 is 10.6. The number of carbonyl (C=O) groups excluding carboxylic acids is 1. The predicted molar refractivity (Wildman–Crippen MR) is 87.5 cm³/mol. The Morgan fingerprint density at radius 3 is 2.96 bits per heavy atom. The van der Waals surface area contributed by atoms with Gasteiger partial charge in [-0.25, -0.2) is 4.79 Å². The number of amides is 2. The summed E-state index contributed by atoms with van der Waals surface area (Å²) in [7, 11) is 0. The molecule has 1 saturated heterocycles. The molecule has 1 aliphatic rings. The van der Waals surface area contributed by atoms with Crippen LogP contribution >= 0.6 is 0 Å². The van der Waals surface area contributed by atoms with Gasteiger partial charge in [0, 0.05) is 6.54 Å². The first-order valence-corrected chi connectivity index (χ1v) is 8.15. The molecule has 1 aromatic heterocycles. The molecule has 1 N–H and O–H groups in total. The summed E-state index contributed by atoms with van der Waals surface area (Å²) in [5, 5.41) is 6.91. The molecule has 2 heterocycles. The predicted octanol–water partition coefficient (Wildman–Crippen LogP) is 2.15. The third-order valence-electron chi connectivity index (χ3n) is 4.04. The van der Waals surface area contributed by atoms with Gasteiger partial charge in [0.05, 0.1) is 31.7 Å². The fraction of sp³-hybridized carbons (Fsp3) is 0.471. The molecule has 24 heavy (non-hydrogen) atoms. The first-order valence-electron chi connectivity index (χ1n) is 8.15. The number of ether oxygens (including phenoxy) is 1. The lowest BCUT2D eigenvalue weighted by atomic mass is 10.1. The molecule has 1 fully saturated rings. The second-order valence-corrected chi connectivity index (χ2v) is 6.00. The summed E-state index contributed by atoms with van der Waals surface area (Å²) in [5.41, 5.74) is 1.10. The Balaban J connectivity index is 1.59. The monoisotopic (exact) mass is 330 g/mol. The van der Waals surface area contributed by atoms with E-state index < -0.39 is 0 Å². The zero-order chi connectivity index (χ0) is 16.9. The van der Waals surface area contributed by atoms with Gasteiger partial charge < -0.3 is 19.5 Å². The molecule has 0 bridgehead atoms. The molecular weight excluding hydrogens is 308 g/mol. The minimum atomic E-state index is -0.319. The molecule has 0 aliphatic carbocycles. The highest BCUT2D eigenvalue weighted by molar-refractivity contribution is 5.75. The van der Waals surface area contributed by atoms with Gasteiger partial charge >= 0.3 is 6.03 Å². The number of rotatable bonds is 4. The average Bonchev–Trinajstić information content (AvgIpc) is 3.04. The number of morpholine rings is 1. The summed E-state index contributed by atoms with van der Waals surface area (Å²) in [6.07, 6.45) is 0.578. The number of carbonyl (C=O) groups is 1. The van der Waals surface area contributed by atoms with Crippen LogP contribution in [0.15, 0.2) is 34.9 Å². The maximum atomic E-state index is 12.4. The number of aromatic nitrogens is 2. The van der Waals surface area contributed by atoms with E-state index in [4.69, 9.17) is 9.26 Å². The Labute approximate surface area is 141 Å². The highest BCUT2D eigenvalue weighted by Crippen LogP contribution is 2.13. The van der Waals surface area contributed by atoms with Crippen molar-refractivity contribution < 1.29 is 14.1 Å². The maximum absolute atomic E-state index is 12.4. The molecule has 2 atom stereocenters. The molecule has 128 valence electrons. The van der Waals surface area contributed by atoms with Crippen LogP contribution < -0.4 is 5.32 Å². The van der Waals surface area contributed by atoms with Crippen molar-refractivity contribution in [2.75, 3.05) is 19.8 Å². The van der Waals surface area contributed by atoms with Gasteiger partial charge in [0.15, 0.2) is 5.82 Å². The molecule has 2 amide bonds. The van der Waals surface area contributed by atoms with Crippen LogP contribution in [-0.2, 0) is 11.2 Å². The second-order valence-electron chi connectivity index (χ2n) is 6.00. The third-order valence-corrected chi connectivity index (χ3v) is 4.04. The Hall–Kier alpha value is -2.41. The molecule has 0 saturated carbocycles. The molecule has 7 nitrogen and oxygen atoms in total. The first kappa shape index (κ1) is 16.4. The molecule has 3 rings (SSSR count). The van der Waals surface area contributed by atoms with Crippen molar-refractivity contribution in [3.8, 4) is 0 Å². The van der Waals surface area contributed by atoms with Crippen LogP contribution in [0.3, 0.4) is 0 Å². The largest absolute Gasteiger partial charge is 0.377 e. The SMILES string of the molecule is CC(NC(=O)N1CCOCC1C)c1noc(Cc2ccccc2)n1. The lowest BCUT2D eigenvalue weighted by Crippen LogP contribution is -2.51. The Morgan fingerprint density at radius 2 is 2.21 bits per heavy atom. The molecule has 7 heteroatoms. The first-order chi connectivity index (χ1) is 11.6. The minimum Gasteiger partial charge on any atom is -0.377 e. The Bertz CT molecular complexity index is 673. The highest BCUT2D eigenvalue weighted by Gasteiger charge is 2.26. The highest BCUT2D eigenvalue weighted by atomic mass is 16.5. The van der Waals surface area contributed by atoms with Gasteiger partial charge in [-0.3, -0.25) is 0 Å². The minimum absolute atomic E-state index is 0.0601. The van der Waals surface area contributed by atoms with Crippen molar-refractivity contribution in [1.29, 1.82) is 0 Å². The molecule has 0 radical (unpaired) electrons. The molecule has 1 aliphatic heterocycles. The van der Waals surface area contributed by atoms with Crippen LogP contribution in [0.25, 0.3) is 0 Å². The van der Waals surface area contributed by atoms with E-state index in [0.717, 1.165) is 5.56 Å². The summed E-state index contributed by atoms with van der Waals surface area (Å²) >= 11 is 0. The quantitative estimate of drug-likeness (QED) is 0.929. The van der Waals surface area contributed by atoms with Crippen molar-refractivity contribution >= 4 is 6.03 Å². The lowest BCUT2D eigenvalue weighted by molar-refractivity contribution is 0.0184. The van der Waals surface area contributed by atoms with E-state index in [-0.39, 0.29) is 18.1 Å². The summed E-state index contributed by atoms with van der Waals surface area (Å²) in [6, 6.07) is 9.53. The van der Waals surface area contributed by atoms with Gasteiger partial charge in [0.2, 0.25) is 5.89 Å². The number of nitrogens with zero attached hydrogens (tertiary/aromatic N) is 3. The maximum Gasteiger partial charge on any atom is 0.318 e. The van der Waals surface area contributed by atoms with Gasteiger partial charge in [-0.05, 0) is 19.4 Å². The van der Waals surface area contributed by atoms with Crippen LogP contribution in [0, 0.1) is 0 Å². The zero-order valence-electron chi connectivity index (χ0n) is 13.9. The van der Waals surface area contributed by atoms with Crippen molar-refractivity contribution in [2.24, 2.45) is 0 Å². The molecule has 1 aromatic carbocycles. The standard InChI is InChI=1S/C17H22N4O3/c1-12-11-23-9-8-21(12)17(22)18-13(2)16-19-15(24-20-16)10-14-6-4-3-5-7-14/h3-7,12-13H,8-11H2,1-2H3,(H,18,22). The van der Waals surface area contributed by atoms with E-state index in [1.54, 1.807) is 4.90 Å². The number of nitrogens with one attached hydrogen (secondary N) is 1.